The number of hydrogen-bond acceptors (Lipinski definition) is 5. The van der Waals surface area contributed by atoms with Gasteiger partial charge in [-0.05, 0) is 43.2 Å². The van der Waals surface area contributed by atoms with Gasteiger partial charge >= 0.3 is 0 Å². The van der Waals surface area contributed by atoms with E-state index in [9.17, 15) is 9.90 Å². The topological polar surface area (TPSA) is 87.7 Å². The number of rotatable bonds is 8. The Morgan fingerprint density at radius 2 is 1.97 bits per heavy atom. The first-order chi connectivity index (χ1) is 15.1. The van der Waals surface area contributed by atoms with Crippen molar-refractivity contribution in [2.24, 2.45) is 0 Å². The quantitative estimate of drug-likeness (QED) is 0.558. The van der Waals surface area contributed by atoms with E-state index < -0.39 is 0 Å². The molecule has 0 aliphatic carbocycles. The van der Waals surface area contributed by atoms with Gasteiger partial charge < -0.3 is 19.5 Å². The summed E-state index contributed by atoms with van der Waals surface area (Å²) in [6.07, 6.45) is 1.86. The molecule has 4 rings (SSSR count). The molecule has 1 aliphatic rings. The molecular weight excluding hydrogens is 394 g/mol. The van der Waals surface area contributed by atoms with E-state index in [1.165, 1.54) is 0 Å². The lowest BCUT2D eigenvalue weighted by atomic mass is 9.95. The number of aromatic amines is 1. The Hall–Kier alpha value is -3.48. The summed E-state index contributed by atoms with van der Waals surface area (Å²) in [6, 6.07) is 12.4. The molecule has 1 atom stereocenters. The molecule has 0 radical (unpaired) electrons. The van der Waals surface area contributed by atoms with Crippen molar-refractivity contribution in [3.63, 3.8) is 0 Å². The maximum atomic E-state index is 13.3. The van der Waals surface area contributed by atoms with Crippen LogP contribution < -0.4 is 9.47 Å². The summed E-state index contributed by atoms with van der Waals surface area (Å²) in [5.41, 5.74) is 3.31. The molecule has 7 nitrogen and oxygen atoms in total. The van der Waals surface area contributed by atoms with Crippen LogP contribution >= 0.6 is 0 Å². The minimum absolute atomic E-state index is 0.0875. The Labute approximate surface area is 181 Å². The number of fused-ring (bicyclic) bond motifs is 1. The Balaban J connectivity index is 1.87. The third-order valence-electron chi connectivity index (χ3n) is 5.58. The number of H-pyrrole nitrogens is 1. The number of benzene rings is 2. The Morgan fingerprint density at radius 1 is 1.16 bits per heavy atom. The fourth-order valence-electron chi connectivity index (χ4n) is 4.11. The molecule has 0 fully saturated rings. The van der Waals surface area contributed by atoms with Gasteiger partial charge in [-0.1, -0.05) is 31.5 Å². The molecule has 162 valence electrons. The molecule has 7 heteroatoms. The third kappa shape index (κ3) is 3.60. The highest BCUT2D eigenvalue weighted by atomic mass is 16.5. The molecule has 2 aromatic carbocycles. The number of methoxy groups -OCH3 is 1. The molecule has 0 saturated heterocycles. The first-order valence-corrected chi connectivity index (χ1v) is 10.6. The molecule has 2 N–H and O–H groups in total. The fraction of sp³-hybridized carbons (Fsp3) is 0.333. The minimum atomic E-state index is -0.341. The molecule has 1 aromatic heterocycles. The lowest BCUT2D eigenvalue weighted by molar-refractivity contribution is 0.0741. The van der Waals surface area contributed by atoms with Gasteiger partial charge in [0.25, 0.3) is 5.91 Å². The van der Waals surface area contributed by atoms with Crippen molar-refractivity contribution in [3.8, 4) is 28.5 Å². The molecular formula is C24H27N3O4. The van der Waals surface area contributed by atoms with Gasteiger partial charge in [0.15, 0.2) is 11.5 Å². The average Bonchev–Trinajstić information content (AvgIpc) is 3.32. The van der Waals surface area contributed by atoms with Crippen LogP contribution in [0.3, 0.4) is 0 Å². The highest BCUT2D eigenvalue weighted by molar-refractivity contribution is 6.00. The predicted octanol–water partition coefficient (Wildman–Crippen LogP) is 4.53. The summed E-state index contributed by atoms with van der Waals surface area (Å²) in [6.45, 7) is 5.18. The number of nitrogens with zero attached hydrogens (tertiary/aromatic N) is 2. The van der Waals surface area contributed by atoms with Crippen molar-refractivity contribution in [1.29, 1.82) is 0 Å². The average molecular weight is 421 g/mol. The Kier molecular flexibility index (Phi) is 5.84. The molecule has 3 aromatic rings. The number of nitrogens with one attached hydrogen (secondary N) is 1. The maximum absolute atomic E-state index is 13.3. The molecule has 0 bridgehead atoms. The molecule has 0 saturated carbocycles. The number of unbranched alkanes of at least 4 members (excludes halogenated alkanes) is 1. The summed E-state index contributed by atoms with van der Waals surface area (Å²) < 4.78 is 11.2. The van der Waals surface area contributed by atoms with Gasteiger partial charge in [-0.25, -0.2) is 0 Å². The van der Waals surface area contributed by atoms with Crippen LogP contribution in [0.5, 0.6) is 17.2 Å². The van der Waals surface area contributed by atoms with Gasteiger partial charge in [-0.15, -0.1) is 0 Å². The van der Waals surface area contributed by atoms with Crippen LogP contribution in [0.1, 0.15) is 54.3 Å². The van der Waals surface area contributed by atoms with Crippen LogP contribution in [0.2, 0.25) is 0 Å². The lowest BCUT2D eigenvalue weighted by Gasteiger charge is -2.27. The molecule has 31 heavy (non-hydrogen) atoms. The number of hydrogen-bond donors (Lipinski definition) is 2. The first kappa shape index (κ1) is 20.8. The second kappa shape index (κ2) is 8.71. The summed E-state index contributed by atoms with van der Waals surface area (Å²) in [5, 5.41) is 17.8. The summed E-state index contributed by atoms with van der Waals surface area (Å²) in [7, 11) is 1.60. The number of carbonyl (C=O) groups is 1. The van der Waals surface area contributed by atoms with Gasteiger partial charge in [0.1, 0.15) is 17.1 Å². The van der Waals surface area contributed by atoms with Crippen LogP contribution in [0.15, 0.2) is 42.5 Å². The van der Waals surface area contributed by atoms with Crippen molar-refractivity contribution in [3.05, 3.63) is 59.3 Å². The number of ether oxygens (including phenoxy) is 2. The van der Waals surface area contributed by atoms with E-state index in [2.05, 4.69) is 17.1 Å². The third-order valence-corrected chi connectivity index (χ3v) is 5.58. The normalized spacial score (nSPS) is 15.3. The zero-order valence-corrected chi connectivity index (χ0v) is 18.0. The first-order valence-electron chi connectivity index (χ1n) is 10.6. The maximum Gasteiger partial charge on any atom is 0.273 e. The Morgan fingerprint density at radius 3 is 2.68 bits per heavy atom. The number of carbonyl (C=O) groups excluding carboxylic acids is 1. The zero-order chi connectivity index (χ0) is 22.0. The number of aromatic hydroxyl groups is 1. The van der Waals surface area contributed by atoms with Crippen molar-refractivity contribution < 1.29 is 19.4 Å². The molecule has 2 heterocycles. The second-order valence-electron chi connectivity index (χ2n) is 7.48. The number of phenolic OH excluding ortho intramolecular Hbond substituents is 1. The van der Waals surface area contributed by atoms with Gasteiger partial charge in [0.05, 0.1) is 19.8 Å². The minimum Gasteiger partial charge on any atom is -0.507 e. The fourth-order valence-corrected chi connectivity index (χ4v) is 4.11. The number of phenols is 1. The SMILES string of the molecule is CCCCN1C(=O)c2[nH]nc(-c3ccccc3O)c2C1c1ccc(OCC)c(OC)c1. The van der Waals surface area contributed by atoms with E-state index in [0.717, 1.165) is 24.0 Å². The van der Waals surface area contributed by atoms with Crippen molar-refractivity contribution in [2.75, 3.05) is 20.3 Å². The highest BCUT2D eigenvalue weighted by Crippen LogP contribution is 2.45. The number of amides is 1. The molecule has 1 amide bonds. The largest absolute Gasteiger partial charge is 0.507 e. The second-order valence-corrected chi connectivity index (χ2v) is 7.48. The van der Waals surface area contributed by atoms with Gasteiger partial charge in [-0.3, -0.25) is 9.89 Å². The van der Waals surface area contributed by atoms with E-state index in [1.807, 2.05) is 36.1 Å². The van der Waals surface area contributed by atoms with Crippen LogP contribution in [-0.4, -0.2) is 46.4 Å². The van der Waals surface area contributed by atoms with Crippen molar-refractivity contribution in [2.45, 2.75) is 32.7 Å². The summed E-state index contributed by atoms with van der Waals surface area (Å²) in [4.78, 5) is 15.1. The Bertz CT molecular complexity index is 1090. The standard InChI is InChI=1S/C24H27N3O4/c1-4-6-13-27-23(15-11-12-18(31-5-2)19(14-15)30-3)20-21(25-26-22(20)24(27)29)16-9-7-8-10-17(16)28/h7-12,14,23,28H,4-6,13H2,1-3H3,(H,25,26). The number of aromatic nitrogens is 2. The molecule has 1 aliphatic heterocycles. The predicted molar refractivity (Wildman–Crippen MR) is 118 cm³/mol. The van der Waals surface area contributed by atoms with E-state index >= 15 is 0 Å². The van der Waals surface area contributed by atoms with E-state index in [0.29, 0.717) is 41.6 Å². The van der Waals surface area contributed by atoms with Gasteiger partial charge in [0.2, 0.25) is 0 Å². The zero-order valence-electron chi connectivity index (χ0n) is 18.0. The molecule has 1 unspecified atom stereocenters. The van der Waals surface area contributed by atoms with Crippen molar-refractivity contribution >= 4 is 5.91 Å². The van der Waals surface area contributed by atoms with Crippen molar-refractivity contribution in [1.82, 2.24) is 15.1 Å². The monoisotopic (exact) mass is 421 g/mol. The van der Waals surface area contributed by atoms with Crippen LogP contribution in [0.4, 0.5) is 0 Å². The lowest BCUT2D eigenvalue weighted by Crippen LogP contribution is -2.30. The van der Waals surface area contributed by atoms with E-state index in [-0.39, 0.29) is 17.7 Å². The number of para-hydroxylation sites is 1. The van der Waals surface area contributed by atoms with Crippen LogP contribution in [0, 0.1) is 0 Å². The van der Waals surface area contributed by atoms with E-state index in [1.54, 1.807) is 25.3 Å². The smallest absolute Gasteiger partial charge is 0.273 e. The van der Waals surface area contributed by atoms with Crippen LogP contribution in [-0.2, 0) is 0 Å². The summed E-state index contributed by atoms with van der Waals surface area (Å²) >= 11 is 0. The van der Waals surface area contributed by atoms with Gasteiger partial charge in [0, 0.05) is 17.7 Å². The van der Waals surface area contributed by atoms with Crippen LogP contribution in [0.25, 0.3) is 11.3 Å². The molecule has 0 spiro atoms. The van der Waals surface area contributed by atoms with E-state index in [4.69, 9.17) is 9.47 Å². The van der Waals surface area contributed by atoms with Gasteiger partial charge in [-0.2, -0.15) is 5.10 Å². The summed E-state index contributed by atoms with van der Waals surface area (Å²) in [5.74, 6) is 1.31. The highest BCUT2D eigenvalue weighted by Gasteiger charge is 2.42.